The van der Waals surface area contributed by atoms with Crippen LogP contribution in [0.25, 0.3) is 22.5 Å². The number of ether oxygens (including phenoxy) is 1. The molecule has 6 nitrogen and oxygen atoms in total. The van der Waals surface area contributed by atoms with Crippen molar-refractivity contribution < 1.29 is 22.8 Å². The molecule has 1 amide bonds. The Kier molecular flexibility index (Phi) is 4.87. The zero-order valence-corrected chi connectivity index (χ0v) is 15.4. The van der Waals surface area contributed by atoms with Gasteiger partial charge in [0.15, 0.2) is 12.4 Å². The lowest BCUT2D eigenvalue weighted by Gasteiger charge is -2.11. The number of carbonyl (C=O) groups excluding carboxylic acids is 1. The maximum atomic E-state index is 13.7. The molecule has 0 unspecified atom stereocenters. The maximum Gasteiger partial charge on any atom is 0.262 e. The van der Waals surface area contributed by atoms with E-state index in [0.29, 0.717) is 11.0 Å². The van der Waals surface area contributed by atoms with Gasteiger partial charge in [0.05, 0.1) is 17.3 Å². The summed E-state index contributed by atoms with van der Waals surface area (Å²) < 4.78 is 30.4. The smallest absolute Gasteiger partial charge is 0.262 e. The van der Waals surface area contributed by atoms with Crippen molar-refractivity contribution >= 4 is 22.6 Å². The lowest BCUT2D eigenvalue weighted by Crippen LogP contribution is -2.23. The number of fused-ring (bicyclic) bond motifs is 1. The molecule has 4 rings (SSSR count). The van der Waals surface area contributed by atoms with Crippen LogP contribution in [0, 0.1) is 12.7 Å². The first-order valence-corrected chi connectivity index (χ1v) is 8.81. The number of nitrogens with one attached hydrogen (secondary N) is 1. The van der Waals surface area contributed by atoms with Crippen LogP contribution < -0.4 is 15.5 Å². The molecule has 2 aromatic carbocycles. The van der Waals surface area contributed by atoms with Crippen LogP contribution >= 0.6 is 0 Å². The largest absolute Gasteiger partial charge is 0.476 e. The predicted octanol–water partition coefficient (Wildman–Crippen LogP) is 4.52. The summed E-state index contributed by atoms with van der Waals surface area (Å²) in [5.74, 6) is -0.978. The molecule has 0 bridgehead atoms. The Bertz CT molecular complexity index is 1240. The Balaban J connectivity index is 1.67. The first-order chi connectivity index (χ1) is 14.0. The molecule has 146 valence electrons. The minimum Gasteiger partial charge on any atom is -0.476 e. The summed E-state index contributed by atoms with van der Waals surface area (Å²) in [7, 11) is 0. The second-order valence-corrected chi connectivity index (χ2v) is 6.38. The third-order valence-corrected chi connectivity index (χ3v) is 4.25. The number of anilines is 1. The maximum absolute atomic E-state index is 13.7. The molecule has 4 aromatic rings. The molecule has 2 heterocycles. The third kappa shape index (κ3) is 3.75. The van der Waals surface area contributed by atoms with Crippen molar-refractivity contribution in [2.45, 2.75) is 6.92 Å². The van der Waals surface area contributed by atoms with Crippen LogP contribution in [0.15, 0.2) is 74.5 Å². The summed E-state index contributed by atoms with van der Waals surface area (Å²) in [5, 5.41) is 2.72. The minimum absolute atomic E-state index is 0.0216. The number of benzene rings is 2. The van der Waals surface area contributed by atoms with E-state index in [4.69, 9.17) is 13.6 Å². The van der Waals surface area contributed by atoms with Gasteiger partial charge in [-0.3, -0.25) is 9.59 Å². The molecule has 0 radical (unpaired) electrons. The van der Waals surface area contributed by atoms with Gasteiger partial charge in [0.2, 0.25) is 16.9 Å². The molecule has 0 saturated heterocycles. The van der Waals surface area contributed by atoms with Gasteiger partial charge in [-0.1, -0.05) is 18.2 Å². The van der Waals surface area contributed by atoms with Gasteiger partial charge in [0, 0.05) is 0 Å². The first-order valence-electron chi connectivity index (χ1n) is 8.81. The predicted molar refractivity (Wildman–Crippen MR) is 105 cm³/mol. The Morgan fingerprint density at radius 1 is 1.14 bits per heavy atom. The van der Waals surface area contributed by atoms with Crippen molar-refractivity contribution in [1.29, 1.82) is 0 Å². The normalized spacial score (nSPS) is 10.8. The Hall–Kier alpha value is -3.87. The van der Waals surface area contributed by atoms with E-state index < -0.39 is 23.8 Å². The second kappa shape index (κ2) is 7.63. The van der Waals surface area contributed by atoms with Crippen molar-refractivity contribution in [2.24, 2.45) is 0 Å². The quantitative estimate of drug-likeness (QED) is 0.539. The van der Waals surface area contributed by atoms with E-state index in [9.17, 15) is 14.0 Å². The van der Waals surface area contributed by atoms with E-state index in [2.05, 4.69) is 5.32 Å². The van der Waals surface area contributed by atoms with Gasteiger partial charge in [0.1, 0.15) is 11.4 Å². The number of carbonyl (C=O) groups is 1. The molecule has 0 aliphatic heterocycles. The summed E-state index contributed by atoms with van der Waals surface area (Å²) in [4.78, 5) is 25.2. The number of para-hydroxylation sites is 1. The van der Waals surface area contributed by atoms with Crippen molar-refractivity contribution in [3.05, 3.63) is 82.5 Å². The van der Waals surface area contributed by atoms with Crippen LogP contribution in [-0.2, 0) is 4.79 Å². The molecule has 0 atom stereocenters. The molecule has 0 spiro atoms. The van der Waals surface area contributed by atoms with Crippen molar-refractivity contribution in [3.8, 4) is 17.3 Å². The number of aryl methyl sites for hydroxylation is 1. The number of hydrogen-bond donors (Lipinski definition) is 1. The van der Waals surface area contributed by atoms with Crippen LogP contribution in [0.3, 0.4) is 0 Å². The summed E-state index contributed by atoms with van der Waals surface area (Å²) in [6.07, 6.45) is 1.43. The molecule has 2 aromatic heterocycles. The fraction of sp³-hybridized carbons (Fsp3) is 0.0909. The number of amides is 1. The Labute approximate surface area is 164 Å². The third-order valence-electron chi connectivity index (χ3n) is 4.25. The number of hydrogen-bond acceptors (Lipinski definition) is 5. The molecule has 0 aliphatic rings. The van der Waals surface area contributed by atoms with Crippen molar-refractivity contribution in [3.63, 3.8) is 0 Å². The second-order valence-electron chi connectivity index (χ2n) is 6.38. The van der Waals surface area contributed by atoms with Crippen molar-refractivity contribution in [2.75, 3.05) is 11.9 Å². The summed E-state index contributed by atoms with van der Waals surface area (Å²) >= 11 is 0. The molecular formula is C22H16FNO5. The standard InChI is InChI=1S/C22H16FNO5/c1-13-8-9-14-18(11-13)29-21(17-7-4-10-27-17)22(20(14)26)28-12-19(25)24-16-6-3-2-5-15(16)23/h2-11H,12H2,1H3,(H,24,25). The van der Waals surface area contributed by atoms with Gasteiger partial charge in [0.25, 0.3) is 5.91 Å². The van der Waals surface area contributed by atoms with Gasteiger partial charge in [-0.2, -0.15) is 0 Å². The highest BCUT2D eigenvalue weighted by molar-refractivity contribution is 5.92. The highest BCUT2D eigenvalue weighted by atomic mass is 19.1. The zero-order chi connectivity index (χ0) is 20.4. The van der Waals surface area contributed by atoms with E-state index in [1.165, 1.54) is 24.5 Å². The number of furan rings is 1. The number of rotatable bonds is 5. The van der Waals surface area contributed by atoms with E-state index >= 15 is 0 Å². The first kappa shape index (κ1) is 18.5. The van der Waals surface area contributed by atoms with E-state index in [1.54, 1.807) is 36.4 Å². The van der Waals surface area contributed by atoms with Crippen LogP contribution in [0.5, 0.6) is 5.75 Å². The lowest BCUT2D eigenvalue weighted by molar-refractivity contribution is -0.118. The SMILES string of the molecule is Cc1ccc2c(=O)c(OCC(=O)Nc3ccccc3F)c(-c3ccco3)oc2c1. The molecular weight excluding hydrogens is 377 g/mol. The number of halogens is 1. The van der Waals surface area contributed by atoms with Crippen LogP contribution in [0.2, 0.25) is 0 Å². The lowest BCUT2D eigenvalue weighted by atomic mass is 10.1. The molecule has 29 heavy (non-hydrogen) atoms. The minimum atomic E-state index is -0.621. The van der Waals surface area contributed by atoms with Gasteiger partial charge in [-0.05, 0) is 48.9 Å². The van der Waals surface area contributed by atoms with Gasteiger partial charge in [-0.15, -0.1) is 0 Å². The van der Waals surface area contributed by atoms with Gasteiger partial charge >= 0.3 is 0 Å². The molecule has 0 aliphatic carbocycles. The molecule has 0 fully saturated rings. The van der Waals surface area contributed by atoms with Crippen LogP contribution in [0.1, 0.15) is 5.56 Å². The Morgan fingerprint density at radius 2 is 1.97 bits per heavy atom. The fourth-order valence-electron chi connectivity index (χ4n) is 2.87. The summed E-state index contributed by atoms with van der Waals surface area (Å²) in [6.45, 7) is 1.37. The van der Waals surface area contributed by atoms with Gasteiger partial charge < -0.3 is 18.9 Å². The summed E-state index contributed by atoms with van der Waals surface area (Å²) in [6, 6.07) is 14.2. The van der Waals surface area contributed by atoms with E-state index in [1.807, 2.05) is 6.92 Å². The average Bonchev–Trinajstić information content (AvgIpc) is 3.23. The monoisotopic (exact) mass is 393 g/mol. The topological polar surface area (TPSA) is 81.7 Å². The molecule has 0 saturated carbocycles. The Morgan fingerprint density at radius 3 is 2.72 bits per heavy atom. The van der Waals surface area contributed by atoms with Crippen LogP contribution in [-0.4, -0.2) is 12.5 Å². The fourth-order valence-corrected chi connectivity index (χ4v) is 2.87. The highest BCUT2D eigenvalue weighted by Gasteiger charge is 2.21. The highest BCUT2D eigenvalue weighted by Crippen LogP contribution is 2.31. The zero-order valence-electron chi connectivity index (χ0n) is 15.4. The van der Waals surface area contributed by atoms with Crippen molar-refractivity contribution in [1.82, 2.24) is 0 Å². The van der Waals surface area contributed by atoms with Crippen LogP contribution in [0.4, 0.5) is 10.1 Å². The van der Waals surface area contributed by atoms with Gasteiger partial charge in [-0.25, -0.2) is 4.39 Å². The summed E-state index contributed by atoms with van der Waals surface area (Å²) in [5.41, 5.74) is 0.887. The van der Waals surface area contributed by atoms with E-state index in [-0.39, 0.29) is 23.0 Å². The average molecular weight is 393 g/mol. The molecule has 1 N–H and O–H groups in total. The van der Waals surface area contributed by atoms with E-state index in [0.717, 1.165) is 5.56 Å². The molecule has 7 heteroatoms.